The van der Waals surface area contributed by atoms with Crippen LogP contribution in [0.3, 0.4) is 0 Å². The van der Waals surface area contributed by atoms with Gasteiger partial charge in [-0.15, -0.1) is 0 Å². The maximum atomic E-state index is 11.6. The van der Waals surface area contributed by atoms with E-state index in [0.29, 0.717) is 30.2 Å². The number of Topliss-reactive ketones (excluding diaryl/α,β-unsaturated/α-hetero) is 1. The molecule has 0 heterocycles. The summed E-state index contributed by atoms with van der Waals surface area (Å²) in [6.45, 7) is 7.32. The molecule has 1 unspecified atom stereocenters. The number of likely N-dealkylation sites (N-methyl/N-ethyl adjacent to an activating group) is 1. The van der Waals surface area contributed by atoms with Crippen molar-refractivity contribution in [3.63, 3.8) is 0 Å². The Bertz CT molecular complexity index is 196. The van der Waals surface area contributed by atoms with Crippen molar-refractivity contribution in [3.8, 4) is 0 Å². The van der Waals surface area contributed by atoms with Crippen molar-refractivity contribution in [2.75, 3.05) is 13.6 Å². The monoisotopic (exact) mass is 197 g/mol. The Morgan fingerprint density at radius 2 is 1.93 bits per heavy atom. The van der Waals surface area contributed by atoms with Crippen molar-refractivity contribution in [1.29, 1.82) is 0 Å². The number of nitrogens with zero attached hydrogens (tertiary/aromatic N) is 1. The van der Waals surface area contributed by atoms with Crippen LogP contribution < -0.4 is 0 Å². The third kappa shape index (κ3) is 3.79. The topological polar surface area (TPSA) is 20.3 Å². The SMILES string of the molecule is CC(C)CC(C)N(C)CC(=O)C1CC1. The van der Waals surface area contributed by atoms with Gasteiger partial charge >= 0.3 is 0 Å². The molecule has 1 aliphatic rings. The second-order valence-electron chi connectivity index (χ2n) is 5.13. The molecule has 0 aromatic heterocycles. The molecule has 0 saturated heterocycles. The molecule has 0 amide bonds. The van der Waals surface area contributed by atoms with Crippen molar-refractivity contribution in [1.82, 2.24) is 4.90 Å². The van der Waals surface area contributed by atoms with E-state index in [4.69, 9.17) is 0 Å². The van der Waals surface area contributed by atoms with Crippen molar-refractivity contribution < 1.29 is 4.79 Å². The molecule has 1 atom stereocenters. The van der Waals surface area contributed by atoms with Crippen LogP contribution in [0.1, 0.15) is 40.0 Å². The van der Waals surface area contributed by atoms with Crippen molar-refractivity contribution in [2.24, 2.45) is 11.8 Å². The first-order valence-corrected chi connectivity index (χ1v) is 5.73. The zero-order valence-electron chi connectivity index (χ0n) is 9.92. The van der Waals surface area contributed by atoms with Crippen LogP contribution in [-0.2, 0) is 4.79 Å². The summed E-state index contributed by atoms with van der Waals surface area (Å²) in [5.41, 5.74) is 0. The first-order chi connectivity index (χ1) is 6.50. The first kappa shape index (κ1) is 11.7. The van der Waals surface area contributed by atoms with E-state index in [-0.39, 0.29) is 0 Å². The minimum absolute atomic E-state index is 0.406. The highest BCUT2D eigenvalue weighted by molar-refractivity contribution is 5.84. The molecule has 82 valence electrons. The third-order valence-corrected chi connectivity index (χ3v) is 3.00. The van der Waals surface area contributed by atoms with E-state index >= 15 is 0 Å². The van der Waals surface area contributed by atoms with Gasteiger partial charge in [0.25, 0.3) is 0 Å². The predicted octanol–water partition coefficient (Wildman–Crippen LogP) is 2.33. The number of hydrogen-bond acceptors (Lipinski definition) is 2. The maximum Gasteiger partial charge on any atom is 0.149 e. The summed E-state index contributed by atoms with van der Waals surface area (Å²) in [4.78, 5) is 13.8. The average molecular weight is 197 g/mol. The van der Waals surface area contributed by atoms with E-state index < -0.39 is 0 Å². The Morgan fingerprint density at radius 3 is 2.36 bits per heavy atom. The van der Waals surface area contributed by atoms with Gasteiger partial charge in [0, 0.05) is 12.0 Å². The van der Waals surface area contributed by atoms with Gasteiger partial charge < -0.3 is 0 Å². The fourth-order valence-corrected chi connectivity index (χ4v) is 1.80. The number of hydrogen-bond donors (Lipinski definition) is 0. The zero-order valence-corrected chi connectivity index (χ0v) is 9.92. The first-order valence-electron chi connectivity index (χ1n) is 5.73. The van der Waals surface area contributed by atoms with Gasteiger partial charge in [-0.25, -0.2) is 0 Å². The van der Waals surface area contributed by atoms with Crippen LogP contribution in [0.5, 0.6) is 0 Å². The lowest BCUT2D eigenvalue weighted by molar-refractivity contribution is -0.121. The van der Waals surface area contributed by atoms with Gasteiger partial charge in [0.1, 0.15) is 5.78 Å². The highest BCUT2D eigenvalue weighted by atomic mass is 16.1. The van der Waals surface area contributed by atoms with E-state index in [9.17, 15) is 4.79 Å². The molecule has 0 N–H and O–H groups in total. The molecule has 0 aromatic carbocycles. The summed E-state index contributed by atoms with van der Waals surface area (Å²) >= 11 is 0. The summed E-state index contributed by atoms with van der Waals surface area (Å²) < 4.78 is 0. The Kier molecular flexibility index (Phi) is 4.11. The Labute approximate surface area is 87.7 Å². The number of carbonyl (C=O) groups excluding carboxylic acids is 1. The smallest absolute Gasteiger partial charge is 0.149 e. The van der Waals surface area contributed by atoms with Gasteiger partial charge in [-0.05, 0) is 39.2 Å². The van der Waals surface area contributed by atoms with E-state index in [1.54, 1.807) is 0 Å². The molecule has 1 aliphatic carbocycles. The summed E-state index contributed by atoms with van der Waals surface area (Å²) in [5, 5.41) is 0. The van der Waals surface area contributed by atoms with E-state index in [0.717, 1.165) is 12.8 Å². The van der Waals surface area contributed by atoms with Crippen molar-refractivity contribution in [3.05, 3.63) is 0 Å². The molecule has 1 fully saturated rings. The van der Waals surface area contributed by atoms with Crippen LogP contribution >= 0.6 is 0 Å². The van der Waals surface area contributed by atoms with Crippen LogP contribution in [0.15, 0.2) is 0 Å². The summed E-state index contributed by atoms with van der Waals surface area (Å²) in [6.07, 6.45) is 3.44. The van der Waals surface area contributed by atoms with Gasteiger partial charge in [-0.1, -0.05) is 13.8 Å². The zero-order chi connectivity index (χ0) is 10.7. The quantitative estimate of drug-likeness (QED) is 0.651. The minimum Gasteiger partial charge on any atom is -0.298 e. The number of rotatable bonds is 6. The second kappa shape index (κ2) is 4.92. The molecule has 2 heteroatoms. The van der Waals surface area contributed by atoms with E-state index in [1.807, 2.05) is 0 Å². The average Bonchev–Trinajstić information content (AvgIpc) is 2.84. The summed E-state index contributed by atoms with van der Waals surface area (Å²) in [5.74, 6) is 1.57. The lowest BCUT2D eigenvalue weighted by Crippen LogP contribution is -2.35. The van der Waals surface area contributed by atoms with Crippen LogP contribution in [-0.4, -0.2) is 30.3 Å². The highest BCUT2D eigenvalue weighted by Crippen LogP contribution is 2.30. The molecule has 0 aromatic rings. The van der Waals surface area contributed by atoms with E-state index in [2.05, 4.69) is 32.7 Å². The van der Waals surface area contributed by atoms with Gasteiger partial charge in [0.15, 0.2) is 0 Å². The summed E-state index contributed by atoms with van der Waals surface area (Å²) in [6, 6.07) is 0.526. The molecule has 0 spiro atoms. The standard InChI is InChI=1S/C12H23NO/c1-9(2)7-10(3)13(4)8-12(14)11-5-6-11/h9-11H,5-8H2,1-4H3. The van der Waals surface area contributed by atoms with Crippen molar-refractivity contribution >= 4 is 5.78 Å². The lowest BCUT2D eigenvalue weighted by atomic mass is 10.0. The van der Waals surface area contributed by atoms with Crippen LogP contribution in [0.2, 0.25) is 0 Å². The van der Waals surface area contributed by atoms with Crippen LogP contribution in [0.25, 0.3) is 0 Å². The second-order valence-corrected chi connectivity index (χ2v) is 5.13. The third-order valence-electron chi connectivity index (χ3n) is 3.00. The normalized spacial score (nSPS) is 19.0. The fraction of sp³-hybridized carbons (Fsp3) is 0.917. The van der Waals surface area contributed by atoms with Crippen LogP contribution in [0.4, 0.5) is 0 Å². The van der Waals surface area contributed by atoms with Gasteiger partial charge in [-0.3, -0.25) is 9.69 Å². The minimum atomic E-state index is 0.406. The van der Waals surface area contributed by atoms with Crippen molar-refractivity contribution in [2.45, 2.75) is 46.1 Å². The predicted molar refractivity (Wildman–Crippen MR) is 59.3 cm³/mol. The molecule has 0 aliphatic heterocycles. The van der Waals surface area contributed by atoms with Gasteiger partial charge in [-0.2, -0.15) is 0 Å². The molecule has 0 radical (unpaired) electrons. The van der Waals surface area contributed by atoms with Gasteiger partial charge in [0.05, 0.1) is 6.54 Å². The van der Waals surface area contributed by atoms with Crippen LogP contribution in [0, 0.1) is 11.8 Å². The fourth-order valence-electron chi connectivity index (χ4n) is 1.80. The Morgan fingerprint density at radius 1 is 1.36 bits per heavy atom. The Hall–Kier alpha value is -0.370. The maximum absolute atomic E-state index is 11.6. The lowest BCUT2D eigenvalue weighted by Gasteiger charge is -2.25. The molecule has 1 saturated carbocycles. The Balaban J connectivity index is 2.25. The number of carbonyl (C=O) groups is 1. The number of ketones is 1. The highest BCUT2D eigenvalue weighted by Gasteiger charge is 2.30. The molecule has 14 heavy (non-hydrogen) atoms. The molecule has 2 nitrogen and oxygen atoms in total. The molecule has 0 bridgehead atoms. The van der Waals surface area contributed by atoms with Gasteiger partial charge in [0.2, 0.25) is 0 Å². The molecular formula is C12H23NO. The summed E-state index contributed by atoms with van der Waals surface area (Å²) in [7, 11) is 2.06. The largest absolute Gasteiger partial charge is 0.298 e. The molecule has 1 rings (SSSR count). The molecular weight excluding hydrogens is 174 g/mol. The van der Waals surface area contributed by atoms with E-state index in [1.165, 1.54) is 6.42 Å².